The molecule has 0 saturated carbocycles. The van der Waals surface area contributed by atoms with Crippen LogP contribution in [0.15, 0.2) is 28.8 Å². The second-order valence-corrected chi connectivity index (χ2v) is 6.60. The molecule has 1 aromatic carbocycles. The van der Waals surface area contributed by atoms with Crippen LogP contribution in [0.2, 0.25) is 0 Å². The number of carbonyl (C=O) groups excluding carboxylic acids is 1. The third-order valence-electron chi connectivity index (χ3n) is 4.92. The van der Waals surface area contributed by atoms with E-state index < -0.39 is 0 Å². The number of fused-ring (bicyclic) bond motifs is 1. The number of hydrogen-bond acceptors (Lipinski definition) is 6. The van der Waals surface area contributed by atoms with Gasteiger partial charge in [0.25, 0.3) is 0 Å². The van der Waals surface area contributed by atoms with E-state index in [1.807, 2.05) is 30.0 Å². The van der Waals surface area contributed by atoms with E-state index in [-0.39, 0.29) is 18.1 Å². The third kappa shape index (κ3) is 3.05. The van der Waals surface area contributed by atoms with E-state index in [0.717, 1.165) is 18.7 Å². The molecular formula is C18H22N4O3. The van der Waals surface area contributed by atoms with Crippen molar-refractivity contribution in [2.75, 3.05) is 31.1 Å². The van der Waals surface area contributed by atoms with E-state index in [9.17, 15) is 4.79 Å². The molecule has 1 fully saturated rings. The van der Waals surface area contributed by atoms with E-state index in [2.05, 4.69) is 21.1 Å². The molecule has 1 saturated heterocycles. The van der Waals surface area contributed by atoms with Gasteiger partial charge in [-0.3, -0.25) is 9.69 Å². The molecule has 0 bridgehead atoms. The van der Waals surface area contributed by atoms with Gasteiger partial charge in [-0.25, -0.2) is 0 Å². The molecule has 7 nitrogen and oxygen atoms in total. The molecule has 0 spiro atoms. The highest BCUT2D eigenvalue weighted by Gasteiger charge is 2.37. The third-order valence-corrected chi connectivity index (χ3v) is 4.92. The molecule has 1 amide bonds. The highest BCUT2D eigenvalue weighted by Crippen LogP contribution is 2.31. The zero-order chi connectivity index (χ0) is 17.4. The van der Waals surface area contributed by atoms with E-state index in [4.69, 9.17) is 9.26 Å². The molecule has 0 aliphatic carbocycles. The molecule has 132 valence electrons. The first-order valence-electron chi connectivity index (χ1n) is 8.67. The zero-order valence-corrected chi connectivity index (χ0v) is 14.5. The van der Waals surface area contributed by atoms with Crippen molar-refractivity contribution in [3.05, 3.63) is 41.5 Å². The van der Waals surface area contributed by atoms with Crippen molar-refractivity contribution in [2.45, 2.75) is 32.4 Å². The van der Waals surface area contributed by atoms with Crippen LogP contribution in [0.4, 0.5) is 5.69 Å². The van der Waals surface area contributed by atoms with Crippen LogP contribution in [-0.4, -0.2) is 53.3 Å². The monoisotopic (exact) mass is 342 g/mol. The Morgan fingerprint density at radius 2 is 2.16 bits per heavy atom. The molecule has 2 aliphatic rings. The second kappa shape index (κ2) is 6.57. The van der Waals surface area contributed by atoms with E-state index in [1.165, 1.54) is 5.56 Å². The van der Waals surface area contributed by atoms with Crippen LogP contribution in [0.3, 0.4) is 0 Å². The summed E-state index contributed by atoms with van der Waals surface area (Å²) in [6.07, 6.45) is 0.806. The molecule has 3 heterocycles. The Morgan fingerprint density at radius 1 is 1.32 bits per heavy atom. The average molecular weight is 342 g/mol. The van der Waals surface area contributed by atoms with Crippen LogP contribution in [0.25, 0.3) is 0 Å². The molecule has 2 aliphatic heterocycles. The average Bonchev–Trinajstić information content (AvgIpc) is 3.21. The van der Waals surface area contributed by atoms with Gasteiger partial charge in [0.05, 0.1) is 19.3 Å². The zero-order valence-electron chi connectivity index (χ0n) is 14.5. The normalized spacial score (nSPS) is 23.7. The van der Waals surface area contributed by atoms with Crippen LogP contribution >= 0.6 is 0 Å². The Bertz CT molecular complexity index is 775. The number of hydrogen-bond donors (Lipinski definition) is 0. The minimum atomic E-state index is -0.197. The Morgan fingerprint density at radius 3 is 2.96 bits per heavy atom. The van der Waals surface area contributed by atoms with Crippen LogP contribution in [-0.2, 0) is 16.0 Å². The Hall–Kier alpha value is -2.25. The molecule has 25 heavy (non-hydrogen) atoms. The van der Waals surface area contributed by atoms with Gasteiger partial charge in [0, 0.05) is 18.8 Å². The van der Waals surface area contributed by atoms with Gasteiger partial charge in [0.15, 0.2) is 5.82 Å². The van der Waals surface area contributed by atoms with Crippen molar-refractivity contribution in [1.29, 1.82) is 0 Å². The number of para-hydroxylation sites is 1. The van der Waals surface area contributed by atoms with Gasteiger partial charge in [0.1, 0.15) is 6.04 Å². The molecule has 4 rings (SSSR count). The number of amides is 1. The van der Waals surface area contributed by atoms with E-state index >= 15 is 0 Å². The lowest BCUT2D eigenvalue weighted by Gasteiger charge is -2.37. The summed E-state index contributed by atoms with van der Waals surface area (Å²) in [6.45, 7) is 6.08. The number of nitrogens with zero attached hydrogens (tertiary/aromatic N) is 4. The lowest BCUT2D eigenvalue weighted by Crippen LogP contribution is -2.49. The summed E-state index contributed by atoms with van der Waals surface area (Å²) in [5.41, 5.74) is 2.26. The maximum atomic E-state index is 12.9. The van der Waals surface area contributed by atoms with E-state index in [1.54, 1.807) is 6.92 Å². The number of anilines is 1. The summed E-state index contributed by atoms with van der Waals surface area (Å²) in [5.74, 6) is 1.20. The van der Waals surface area contributed by atoms with Gasteiger partial charge in [-0.15, -0.1) is 0 Å². The number of carbonyl (C=O) groups is 1. The summed E-state index contributed by atoms with van der Waals surface area (Å²) in [6, 6.07) is 7.90. The fraction of sp³-hybridized carbons (Fsp3) is 0.500. The van der Waals surface area contributed by atoms with Crippen LogP contribution in [0.1, 0.15) is 30.2 Å². The van der Waals surface area contributed by atoms with Gasteiger partial charge >= 0.3 is 0 Å². The first-order chi connectivity index (χ1) is 12.1. The van der Waals surface area contributed by atoms with Crippen LogP contribution in [0.5, 0.6) is 0 Å². The van der Waals surface area contributed by atoms with Gasteiger partial charge < -0.3 is 14.2 Å². The smallest absolute Gasteiger partial charge is 0.246 e. The first-order valence-corrected chi connectivity index (χ1v) is 8.67. The molecule has 0 unspecified atom stereocenters. The predicted octanol–water partition coefficient (Wildman–Crippen LogP) is 1.73. The molecule has 0 radical (unpaired) electrons. The standard InChI is InChI=1S/C18H22N4O3/c1-12-17(18-19-13(2)20-25-18)21(9-10-24-12)11-16(23)22-8-7-14-5-3-4-6-15(14)22/h3-6,12,17H,7-11H2,1-2H3/t12-,17+/m1/s1. The van der Waals surface area contributed by atoms with Crippen molar-refractivity contribution in [3.63, 3.8) is 0 Å². The van der Waals surface area contributed by atoms with Gasteiger partial charge in [-0.2, -0.15) is 4.98 Å². The fourth-order valence-corrected chi connectivity index (χ4v) is 3.71. The van der Waals surface area contributed by atoms with Gasteiger partial charge in [-0.1, -0.05) is 23.4 Å². The number of aromatic nitrogens is 2. The fourth-order valence-electron chi connectivity index (χ4n) is 3.71. The highest BCUT2D eigenvalue weighted by molar-refractivity contribution is 5.96. The molecule has 1 aromatic heterocycles. The van der Waals surface area contributed by atoms with Gasteiger partial charge in [0.2, 0.25) is 11.8 Å². The van der Waals surface area contributed by atoms with E-state index in [0.29, 0.717) is 31.4 Å². The lowest BCUT2D eigenvalue weighted by molar-refractivity contribution is -0.125. The van der Waals surface area contributed by atoms with Gasteiger partial charge in [-0.05, 0) is 31.9 Å². The summed E-state index contributed by atoms with van der Waals surface area (Å²) in [7, 11) is 0. The summed E-state index contributed by atoms with van der Waals surface area (Å²) >= 11 is 0. The van der Waals surface area contributed by atoms with Crippen LogP contribution < -0.4 is 4.90 Å². The second-order valence-electron chi connectivity index (χ2n) is 6.60. The summed E-state index contributed by atoms with van der Waals surface area (Å²) in [4.78, 5) is 21.3. The SMILES string of the molecule is Cc1noc([C@@H]2[C@@H](C)OCCN2CC(=O)N2CCc3ccccc32)n1. The van der Waals surface area contributed by atoms with Crippen molar-refractivity contribution >= 4 is 11.6 Å². The minimum Gasteiger partial charge on any atom is -0.375 e. The van der Waals surface area contributed by atoms with Crippen molar-refractivity contribution in [1.82, 2.24) is 15.0 Å². The topological polar surface area (TPSA) is 71.7 Å². The number of benzene rings is 1. The maximum absolute atomic E-state index is 12.9. The molecule has 2 aromatic rings. The molecule has 2 atom stereocenters. The predicted molar refractivity (Wildman–Crippen MR) is 91.3 cm³/mol. The quantitative estimate of drug-likeness (QED) is 0.846. The molecular weight excluding hydrogens is 320 g/mol. The number of ether oxygens (including phenoxy) is 1. The molecule has 7 heteroatoms. The van der Waals surface area contributed by atoms with Crippen LogP contribution in [0, 0.1) is 6.92 Å². The molecule has 0 N–H and O–H groups in total. The van der Waals surface area contributed by atoms with Crippen molar-refractivity contribution in [3.8, 4) is 0 Å². The Kier molecular flexibility index (Phi) is 4.27. The Balaban J connectivity index is 1.53. The summed E-state index contributed by atoms with van der Waals surface area (Å²) < 4.78 is 11.1. The van der Waals surface area contributed by atoms with Crippen molar-refractivity contribution in [2.24, 2.45) is 0 Å². The lowest BCUT2D eigenvalue weighted by atomic mass is 10.1. The Labute approximate surface area is 146 Å². The summed E-state index contributed by atoms with van der Waals surface area (Å²) in [5, 5.41) is 3.88. The number of aryl methyl sites for hydroxylation is 1. The number of rotatable bonds is 3. The number of morpholine rings is 1. The maximum Gasteiger partial charge on any atom is 0.246 e. The minimum absolute atomic E-state index is 0.0975. The first kappa shape index (κ1) is 16.2. The largest absolute Gasteiger partial charge is 0.375 e. The van der Waals surface area contributed by atoms with Crippen molar-refractivity contribution < 1.29 is 14.1 Å². The highest BCUT2D eigenvalue weighted by atomic mass is 16.5.